The molecule has 1 amide bonds. The zero-order valence-corrected chi connectivity index (χ0v) is 14.7. The van der Waals surface area contributed by atoms with Crippen LogP contribution in [0, 0.1) is 0 Å². The van der Waals surface area contributed by atoms with Crippen LogP contribution in [0.25, 0.3) is 0 Å². The summed E-state index contributed by atoms with van der Waals surface area (Å²) in [5, 5.41) is 0.744. The first kappa shape index (κ1) is 16.9. The summed E-state index contributed by atoms with van der Waals surface area (Å²) >= 11 is 5.98. The summed E-state index contributed by atoms with van der Waals surface area (Å²) in [6, 6.07) is 7.97. The van der Waals surface area contributed by atoms with Crippen LogP contribution >= 0.6 is 11.6 Å². The topological polar surface area (TPSA) is 46.1 Å². The lowest BCUT2D eigenvalue weighted by atomic mass is 9.90. The first-order chi connectivity index (χ1) is 11.7. The molecule has 1 aliphatic heterocycles. The maximum absolute atomic E-state index is 13.0. The minimum Gasteiger partial charge on any atom is -0.338 e. The summed E-state index contributed by atoms with van der Waals surface area (Å²) in [5.41, 5.74) is 2.75. The lowest BCUT2D eigenvalue weighted by Crippen LogP contribution is -2.39. The van der Waals surface area contributed by atoms with E-state index in [0.717, 1.165) is 49.5 Å². The van der Waals surface area contributed by atoms with Crippen LogP contribution in [0.3, 0.4) is 0 Å². The van der Waals surface area contributed by atoms with Gasteiger partial charge in [0, 0.05) is 30.2 Å². The Labute approximate surface area is 147 Å². The molecule has 1 saturated heterocycles. The highest BCUT2D eigenvalue weighted by molar-refractivity contribution is 6.30. The number of likely N-dealkylation sites (tertiary alicyclic amines) is 1. The summed E-state index contributed by atoms with van der Waals surface area (Å²) in [6.07, 6.45) is 7.05. The normalized spacial score (nSPS) is 17.8. The molecule has 0 saturated carbocycles. The minimum absolute atomic E-state index is 0.0534. The third-order valence-electron chi connectivity index (χ3n) is 4.56. The Hall–Kier alpha value is -1.94. The number of amides is 1. The van der Waals surface area contributed by atoms with E-state index in [0.29, 0.717) is 11.5 Å². The molecular formula is C19H22ClN3O. The van der Waals surface area contributed by atoms with Crippen molar-refractivity contribution in [3.63, 3.8) is 0 Å². The van der Waals surface area contributed by atoms with Gasteiger partial charge in [-0.05, 0) is 37.0 Å². The van der Waals surface area contributed by atoms with Crippen LogP contribution in [-0.4, -0.2) is 33.9 Å². The van der Waals surface area contributed by atoms with Crippen molar-refractivity contribution in [2.75, 3.05) is 13.1 Å². The number of nitrogens with zero attached hydrogens (tertiary/aromatic N) is 3. The molecule has 4 nitrogen and oxygen atoms in total. The Balaban J connectivity index is 1.77. The molecule has 1 fully saturated rings. The molecule has 0 N–H and O–H groups in total. The Morgan fingerprint density at radius 3 is 2.88 bits per heavy atom. The fourth-order valence-electron chi connectivity index (χ4n) is 3.31. The summed E-state index contributed by atoms with van der Waals surface area (Å²) in [5.74, 6) is 0.414. The van der Waals surface area contributed by atoms with Gasteiger partial charge in [0.25, 0.3) is 5.91 Å². The molecule has 2 aromatic rings. The number of carbonyl (C=O) groups excluding carboxylic acids is 1. The van der Waals surface area contributed by atoms with Crippen LogP contribution < -0.4 is 0 Å². The molecule has 5 heteroatoms. The van der Waals surface area contributed by atoms with E-state index in [1.807, 2.05) is 17.0 Å². The molecule has 1 aromatic heterocycles. The van der Waals surface area contributed by atoms with Crippen LogP contribution in [0.2, 0.25) is 5.02 Å². The first-order valence-corrected chi connectivity index (χ1v) is 8.90. The predicted octanol–water partition coefficient (Wildman–Crippen LogP) is 4.10. The fourth-order valence-corrected chi connectivity index (χ4v) is 3.43. The second kappa shape index (κ2) is 7.75. The number of rotatable bonds is 4. The predicted molar refractivity (Wildman–Crippen MR) is 95.4 cm³/mol. The van der Waals surface area contributed by atoms with Crippen molar-refractivity contribution in [3.05, 3.63) is 58.6 Å². The van der Waals surface area contributed by atoms with Gasteiger partial charge in [0.15, 0.2) is 0 Å². The molecule has 0 bridgehead atoms. The number of carbonyl (C=O) groups is 1. The molecule has 24 heavy (non-hydrogen) atoms. The third kappa shape index (κ3) is 3.75. The Morgan fingerprint density at radius 1 is 1.33 bits per heavy atom. The summed E-state index contributed by atoms with van der Waals surface area (Å²) in [4.78, 5) is 23.3. The highest BCUT2D eigenvalue weighted by Crippen LogP contribution is 2.28. The Morgan fingerprint density at radius 2 is 2.12 bits per heavy atom. The molecule has 126 valence electrons. The van der Waals surface area contributed by atoms with Gasteiger partial charge in [0.1, 0.15) is 6.33 Å². The van der Waals surface area contributed by atoms with E-state index in [1.165, 1.54) is 11.9 Å². The highest BCUT2D eigenvalue weighted by atomic mass is 35.5. The fraction of sp³-hybridized carbons (Fsp3) is 0.421. The molecule has 1 unspecified atom stereocenters. The SMILES string of the molecule is CCCc1ncncc1C(=O)N1CCCC(c2ccc(Cl)cc2)C1. The van der Waals surface area contributed by atoms with E-state index in [1.54, 1.807) is 6.20 Å². The Bertz CT molecular complexity index is 702. The number of hydrogen-bond acceptors (Lipinski definition) is 3. The van der Waals surface area contributed by atoms with Gasteiger partial charge in [-0.2, -0.15) is 0 Å². The van der Waals surface area contributed by atoms with Crippen molar-refractivity contribution in [1.29, 1.82) is 0 Å². The van der Waals surface area contributed by atoms with Crippen molar-refractivity contribution in [3.8, 4) is 0 Å². The van der Waals surface area contributed by atoms with E-state index < -0.39 is 0 Å². The monoisotopic (exact) mass is 343 g/mol. The first-order valence-electron chi connectivity index (χ1n) is 8.52. The second-order valence-corrected chi connectivity index (χ2v) is 6.71. The smallest absolute Gasteiger partial charge is 0.257 e. The Kier molecular flexibility index (Phi) is 5.46. The van der Waals surface area contributed by atoms with Gasteiger partial charge in [0.2, 0.25) is 0 Å². The van der Waals surface area contributed by atoms with Crippen molar-refractivity contribution >= 4 is 17.5 Å². The molecule has 0 aliphatic carbocycles. The van der Waals surface area contributed by atoms with E-state index in [4.69, 9.17) is 11.6 Å². The molecule has 2 heterocycles. The number of aromatic nitrogens is 2. The number of piperidine rings is 1. The molecule has 3 rings (SSSR count). The molecule has 0 radical (unpaired) electrons. The van der Waals surface area contributed by atoms with Crippen LogP contribution in [0.5, 0.6) is 0 Å². The highest BCUT2D eigenvalue weighted by Gasteiger charge is 2.27. The maximum Gasteiger partial charge on any atom is 0.257 e. The van der Waals surface area contributed by atoms with Crippen molar-refractivity contribution in [2.24, 2.45) is 0 Å². The average molecular weight is 344 g/mol. The van der Waals surface area contributed by atoms with Gasteiger partial charge in [-0.3, -0.25) is 4.79 Å². The number of aryl methyl sites for hydroxylation is 1. The quantitative estimate of drug-likeness (QED) is 0.839. The zero-order valence-electron chi connectivity index (χ0n) is 13.9. The van der Waals surface area contributed by atoms with Gasteiger partial charge in [-0.15, -0.1) is 0 Å². The largest absolute Gasteiger partial charge is 0.338 e. The lowest BCUT2D eigenvalue weighted by molar-refractivity contribution is 0.0705. The van der Waals surface area contributed by atoms with Crippen LogP contribution in [0.4, 0.5) is 0 Å². The number of halogens is 1. The van der Waals surface area contributed by atoms with E-state index >= 15 is 0 Å². The molecule has 1 aromatic carbocycles. The van der Waals surface area contributed by atoms with Crippen molar-refractivity contribution < 1.29 is 4.79 Å². The standard InChI is InChI=1S/C19H22ClN3O/c1-2-4-18-17(11-21-13-22-18)19(24)23-10-3-5-15(12-23)14-6-8-16(20)9-7-14/h6-9,11,13,15H,2-5,10,12H2,1H3. The van der Waals surface area contributed by atoms with Gasteiger partial charge in [0.05, 0.1) is 11.3 Å². The van der Waals surface area contributed by atoms with Gasteiger partial charge < -0.3 is 4.90 Å². The van der Waals surface area contributed by atoms with Crippen LogP contribution in [-0.2, 0) is 6.42 Å². The average Bonchev–Trinajstić information content (AvgIpc) is 2.63. The van der Waals surface area contributed by atoms with Crippen molar-refractivity contribution in [2.45, 2.75) is 38.5 Å². The van der Waals surface area contributed by atoms with E-state index in [-0.39, 0.29) is 5.91 Å². The minimum atomic E-state index is 0.0534. The third-order valence-corrected chi connectivity index (χ3v) is 4.81. The summed E-state index contributed by atoms with van der Waals surface area (Å²) in [7, 11) is 0. The number of benzene rings is 1. The molecule has 1 aliphatic rings. The second-order valence-electron chi connectivity index (χ2n) is 6.27. The maximum atomic E-state index is 13.0. The van der Waals surface area contributed by atoms with Crippen LogP contribution in [0.1, 0.15) is 53.7 Å². The van der Waals surface area contributed by atoms with E-state index in [2.05, 4.69) is 29.0 Å². The van der Waals surface area contributed by atoms with Gasteiger partial charge in [-0.1, -0.05) is 37.1 Å². The van der Waals surface area contributed by atoms with Crippen molar-refractivity contribution in [1.82, 2.24) is 14.9 Å². The van der Waals surface area contributed by atoms with Crippen LogP contribution in [0.15, 0.2) is 36.8 Å². The summed E-state index contributed by atoms with van der Waals surface area (Å²) < 4.78 is 0. The van der Waals surface area contributed by atoms with Gasteiger partial charge >= 0.3 is 0 Å². The molecule has 1 atom stereocenters. The molecule has 0 spiro atoms. The van der Waals surface area contributed by atoms with Gasteiger partial charge in [-0.25, -0.2) is 9.97 Å². The summed E-state index contributed by atoms with van der Waals surface area (Å²) in [6.45, 7) is 3.62. The number of hydrogen-bond donors (Lipinski definition) is 0. The lowest BCUT2D eigenvalue weighted by Gasteiger charge is -2.33. The molecular weight excluding hydrogens is 322 g/mol. The zero-order chi connectivity index (χ0) is 16.9. The van der Waals surface area contributed by atoms with E-state index in [9.17, 15) is 4.79 Å².